The van der Waals surface area contributed by atoms with E-state index in [1.54, 1.807) is 0 Å². The molecule has 1 saturated carbocycles. The molecule has 1 unspecified atom stereocenters. The molecule has 6 heterocycles. The topological polar surface area (TPSA) is 104 Å². The van der Waals surface area contributed by atoms with E-state index in [-0.39, 0.29) is 23.2 Å². The average Bonchev–Trinajstić information content (AvgIpc) is 3.73. The molecule has 0 bridgehead atoms. The monoisotopic (exact) mass is 583 g/mol. The molecule has 4 aliphatic rings. The molecular formula is C33H37N5O5. The van der Waals surface area contributed by atoms with Gasteiger partial charge in [0.1, 0.15) is 17.5 Å². The number of H-pyrrole nitrogens is 1. The summed E-state index contributed by atoms with van der Waals surface area (Å²) in [4.78, 5) is 22.5. The maximum Gasteiger partial charge on any atom is 0.409 e. The number of carbonyl (C=O) groups is 1. The fourth-order valence-corrected chi connectivity index (χ4v) is 7.95. The summed E-state index contributed by atoms with van der Waals surface area (Å²) in [5.74, 6) is 0.851. The van der Waals surface area contributed by atoms with E-state index in [0.717, 1.165) is 103 Å². The predicted octanol–water partition coefficient (Wildman–Crippen LogP) is 5.56. The van der Waals surface area contributed by atoms with Crippen LogP contribution in [0, 0.1) is 5.41 Å². The summed E-state index contributed by atoms with van der Waals surface area (Å²) < 4.78 is 25.3. The van der Waals surface area contributed by atoms with Crippen molar-refractivity contribution in [3.63, 3.8) is 0 Å². The lowest BCUT2D eigenvalue weighted by Gasteiger charge is -2.57. The first-order chi connectivity index (χ1) is 21.0. The van der Waals surface area contributed by atoms with Crippen molar-refractivity contribution in [2.45, 2.75) is 56.8 Å². The largest absolute Gasteiger partial charge is 0.488 e. The van der Waals surface area contributed by atoms with Crippen LogP contribution in [0.1, 0.15) is 49.7 Å². The van der Waals surface area contributed by atoms with E-state index in [4.69, 9.17) is 23.9 Å². The van der Waals surface area contributed by atoms with Crippen LogP contribution in [0.2, 0.25) is 0 Å². The number of amides is 1. The molecule has 2 spiro atoms. The fourth-order valence-electron chi connectivity index (χ4n) is 7.95. The zero-order valence-corrected chi connectivity index (χ0v) is 24.7. The van der Waals surface area contributed by atoms with Crippen LogP contribution in [0.4, 0.5) is 4.79 Å². The van der Waals surface area contributed by atoms with Gasteiger partial charge in [0.05, 0.1) is 37.8 Å². The van der Waals surface area contributed by atoms with E-state index in [1.807, 2.05) is 35.2 Å². The van der Waals surface area contributed by atoms with Gasteiger partial charge in [-0.05, 0) is 61.6 Å². The third-order valence-corrected chi connectivity index (χ3v) is 10.00. The number of aromatic amines is 1. The minimum atomic E-state index is -0.350. The molecule has 3 aliphatic heterocycles. The first-order valence-electron chi connectivity index (χ1n) is 15.3. The Balaban J connectivity index is 1.18. The van der Waals surface area contributed by atoms with E-state index in [1.165, 1.54) is 12.7 Å². The van der Waals surface area contributed by atoms with E-state index < -0.39 is 0 Å². The third-order valence-electron chi connectivity index (χ3n) is 10.00. The number of aromatic nitrogens is 4. The van der Waals surface area contributed by atoms with E-state index in [9.17, 15) is 4.79 Å². The van der Waals surface area contributed by atoms with Gasteiger partial charge in [-0.3, -0.25) is 4.68 Å². The smallest absolute Gasteiger partial charge is 0.409 e. The van der Waals surface area contributed by atoms with Gasteiger partial charge < -0.3 is 28.8 Å². The third kappa shape index (κ3) is 4.41. The number of rotatable bonds is 4. The van der Waals surface area contributed by atoms with Crippen LogP contribution >= 0.6 is 0 Å². The van der Waals surface area contributed by atoms with Crippen LogP contribution in [0.3, 0.4) is 0 Å². The van der Waals surface area contributed by atoms with Gasteiger partial charge in [0.15, 0.2) is 0 Å². The second kappa shape index (κ2) is 10.1. The van der Waals surface area contributed by atoms with E-state index >= 15 is 0 Å². The molecule has 10 nitrogen and oxygen atoms in total. The zero-order chi connectivity index (χ0) is 29.2. The van der Waals surface area contributed by atoms with Gasteiger partial charge in [-0.2, -0.15) is 5.10 Å². The zero-order valence-electron chi connectivity index (χ0n) is 24.7. The minimum absolute atomic E-state index is 0.0912. The van der Waals surface area contributed by atoms with Crippen LogP contribution in [0.15, 0.2) is 42.9 Å². The van der Waals surface area contributed by atoms with Crippen molar-refractivity contribution in [3.05, 3.63) is 54.0 Å². The molecule has 224 valence electrons. The Morgan fingerprint density at radius 2 is 1.93 bits per heavy atom. The van der Waals surface area contributed by atoms with Gasteiger partial charge in [-0.1, -0.05) is 12.1 Å². The number of benzene rings is 1. The first-order valence-corrected chi connectivity index (χ1v) is 15.3. The summed E-state index contributed by atoms with van der Waals surface area (Å²) in [5, 5.41) is 5.60. The number of piperidine rings is 1. The molecule has 3 aromatic heterocycles. The summed E-state index contributed by atoms with van der Waals surface area (Å²) in [6.45, 7) is 3.46. The summed E-state index contributed by atoms with van der Waals surface area (Å²) >= 11 is 0. The number of hydrogen-bond acceptors (Lipinski definition) is 7. The second-order valence-electron chi connectivity index (χ2n) is 12.7. The average molecular weight is 584 g/mol. The number of likely N-dealkylation sites (tertiary alicyclic amines) is 1. The highest BCUT2D eigenvalue weighted by atomic mass is 16.5. The first kappa shape index (κ1) is 26.7. The number of nitrogens with one attached hydrogen (secondary N) is 1. The number of ether oxygens (including phenoxy) is 4. The van der Waals surface area contributed by atoms with Crippen molar-refractivity contribution in [1.29, 1.82) is 0 Å². The van der Waals surface area contributed by atoms with Gasteiger partial charge in [-0.25, -0.2) is 9.78 Å². The normalized spacial score (nSPS) is 22.1. The molecule has 1 amide bonds. The fraction of sp³-hybridized carbons (Fsp3) is 0.485. The van der Waals surface area contributed by atoms with Crippen LogP contribution < -0.4 is 4.74 Å². The van der Waals surface area contributed by atoms with E-state index in [0.29, 0.717) is 13.2 Å². The Kier molecular flexibility index (Phi) is 6.27. The molecule has 0 radical (unpaired) electrons. The number of carbonyl (C=O) groups excluding carboxylic acids is 1. The highest BCUT2D eigenvalue weighted by Crippen LogP contribution is 2.65. The molecule has 8 rings (SSSR count). The van der Waals surface area contributed by atoms with Gasteiger partial charge >= 0.3 is 6.09 Å². The molecule has 4 aromatic rings. The van der Waals surface area contributed by atoms with Gasteiger partial charge in [0.25, 0.3) is 0 Å². The second-order valence-corrected chi connectivity index (χ2v) is 12.7. The quantitative estimate of drug-likeness (QED) is 0.336. The SMILES string of the molecule is COC(=O)N1CCC2(CC1)CC1(C2)OCc2cnc3[nH]c(-c4cnn(C)c4)c(-c4ccc(OC5CCCOC5)cc4)c3c21. The Morgan fingerprint density at radius 3 is 2.63 bits per heavy atom. The Labute approximate surface area is 250 Å². The van der Waals surface area contributed by atoms with Crippen molar-refractivity contribution in [3.8, 4) is 28.1 Å². The maximum absolute atomic E-state index is 12.1. The molecule has 43 heavy (non-hydrogen) atoms. The summed E-state index contributed by atoms with van der Waals surface area (Å²) in [5.41, 5.74) is 7.32. The molecule has 1 aliphatic carbocycles. The molecule has 1 aromatic carbocycles. The van der Waals surface area contributed by atoms with Gasteiger partial charge in [0, 0.05) is 66.8 Å². The number of hydrogen-bond donors (Lipinski definition) is 1. The highest BCUT2D eigenvalue weighted by molar-refractivity contribution is 6.05. The lowest BCUT2D eigenvalue weighted by Crippen LogP contribution is -2.55. The van der Waals surface area contributed by atoms with Crippen LogP contribution in [-0.2, 0) is 33.5 Å². The lowest BCUT2D eigenvalue weighted by atomic mass is 9.53. The molecule has 1 atom stereocenters. The maximum atomic E-state index is 12.1. The minimum Gasteiger partial charge on any atom is -0.488 e. The number of methoxy groups -OCH3 is 1. The van der Waals surface area contributed by atoms with Crippen LogP contribution in [-0.4, -0.2) is 70.3 Å². The molecule has 10 heteroatoms. The van der Waals surface area contributed by atoms with Crippen LogP contribution in [0.25, 0.3) is 33.4 Å². The predicted molar refractivity (Wildman–Crippen MR) is 160 cm³/mol. The summed E-state index contributed by atoms with van der Waals surface area (Å²) in [6, 6.07) is 8.42. The molecule has 1 N–H and O–H groups in total. The Bertz CT molecular complexity index is 1670. The lowest BCUT2D eigenvalue weighted by molar-refractivity contribution is -0.181. The Hall–Kier alpha value is -3.89. The summed E-state index contributed by atoms with van der Waals surface area (Å²) in [7, 11) is 3.39. The number of aryl methyl sites for hydroxylation is 1. The van der Waals surface area contributed by atoms with Crippen molar-refractivity contribution in [2.24, 2.45) is 12.5 Å². The van der Waals surface area contributed by atoms with Crippen LogP contribution in [0.5, 0.6) is 5.75 Å². The van der Waals surface area contributed by atoms with Gasteiger partial charge in [-0.15, -0.1) is 0 Å². The Morgan fingerprint density at radius 1 is 1.12 bits per heavy atom. The van der Waals surface area contributed by atoms with Crippen molar-refractivity contribution in [2.75, 3.05) is 33.4 Å². The highest BCUT2D eigenvalue weighted by Gasteiger charge is 2.60. The number of fused-ring (bicyclic) bond motifs is 4. The number of pyridine rings is 1. The van der Waals surface area contributed by atoms with Crippen molar-refractivity contribution >= 4 is 17.1 Å². The van der Waals surface area contributed by atoms with Gasteiger partial charge in [0.2, 0.25) is 0 Å². The number of nitrogens with zero attached hydrogens (tertiary/aromatic N) is 4. The van der Waals surface area contributed by atoms with Crippen molar-refractivity contribution < 1.29 is 23.7 Å². The van der Waals surface area contributed by atoms with Crippen molar-refractivity contribution in [1.82, 2.24) is 24.6 Å². The molecular weight excluding hydrogens is 546 g/mol. The van der Waals surface area contributed by atoms with E-state index in [2.05, 4.69) is 34.3 Å². The molecule has 2 saturated heterocycles. The molecule has 3 fully saturated rings. The summed E-state index contributed by atoms with van der Waals surface area (Å²) in [6.07, 6.45) is 11.6. The standard InChI is InChI=1S/C33H37N5O5/c1-37-16-22(15-35-37)29-26(21-5-7-24(8-6-21)43-25-4-3-13-41-18-25)27-28-23(14-34-30(27)36-29)17-42-33(28)19-32(20-33)9-11-38(12-10-32)31(39)40-2/h5-8,14-16,25H,3-4,9-13,17-20H2,1-2H3,(H,34,36).